The zero-order valence-corrected chi connectivity index (χ0v) is 24.1. The molecule has 1 aliphatic rings. The van der Waals surface area contributed by atoms with Crippen LogP contribution in [0.1, 0.15) is 59.2 Å². The van der Waals surface area contributed by atoms with Gasteiger partial charge in [0.05, 0.1) is 37.6 Å². The van der Waals surface area contributed by atoms with Gasteiger partial charge < -0.3 is 19.3 Å². The summed E-state index contributed by atoms with van der Waals surface area (Å²) in [5, 5.41) is 11.9. The first-order chi connectivity index (χ1) is 19.2. The van der Waals surface area contributed by atoms with Crippen LogP contribution in [0.5, 0.6) is 11.5 Å². The molecular weight excluding hydrogens is 556 g/mol. The number of carbonyl (C=O) groups excluding carboxylic acids is 3. The van der Waals surface area contributed by atoms with Crippen molar-refractivity contribution in [1.82, 2.24) is 4.98 Å². The van der Waals surface area contributed by atoms with Crippen LogP contribution in [-0.4, -0.2) is 48.1 Å². The molecule has 9 nitrogen and oxygen atoms in total. The smallest absolute Gasteiger partial charge is 0.350 e. The van der Waals surface area contributed by atoms with E-state index in [0.29, 0.717) is 46.6 Å². The van der Waals surface area contributed by atoms with Gasteiger partial charge in [0.1, 0.15) is 10.6 Å². The van der Waals surface area contributed by atoms with E-state index in [1.807, 2.05) is 6.92 Å². The molecule has 1 N–H and O–H groups in total. The largest absolute Gasteiger partial charge is 0.507 e. The number of ether oxygens (including phenoxy) is 3. The topological polar surface area (TPSA) is 115 Å². The maximum atomic E-state index is 13.5. The van der Waals surface area contributed by atoms with Crippen LogP contribution in [0.4, 0.5) is 5.13 Å². The number of Topliss-reactive ketones (excluding diaryl/α,β-unsaturated/α-hetero) is 1. The molecule has 0 bridgehead atoms. The number of aliphatic hydroxyl groups excluding tert-OH is 1. The summed E-state index contributed by atoms with van der Waals surface area (Å²) in [6.45, 7) is 6.36. The number of rotatable bonds is 10. The molecule has 2 aromatic carbocycles. The SMILES string of the molecule is CCCCOc1ccc(C2C(=C(O)c3ccc(Cl)cc3)C(=O)C(=O)N2c2nc(C)c(C(=O)OC)s2)cc1OCC. The Morgan fingerprint density at radius 3 is 2.48 bits per heavy atom. The number of halogens is 1. The zero-order chi connectivity index (χ0) is 29.0. The maximum Gasteiger partial charge on any atom is 0.350 e. The molecule has 2 heterocycles. The Labute approximate surface area is 241 Å². The van der Waals surface area contributed by atoms with E-state index in [1.165, 1.54) is 12.0 Å². The maximum absolute atomic E-state index is 13.5. The van der Waals surface area contributed by atoms with Crippen LogP contribution in [0.25, 0.3) is 5.76 Å². The Bertz CT molecular complexity index is 1470. The zero-order valence-electron chi connectivity index (χ0n) is 22.5. The predicted molar refractivity (Wildman–Crippen MR) is 152 cm³/mol. The van der Waals surface area contributed by atoms with E-state index in [0.717, 1.165) is 24.2 Å². The first kappa shape index (κ1) is 29.1. The molecule has 1 atom stereocenters. The summed E-state index contributed by atoms with van der Waals surface area (Å²) >= 11 is 6.95. The summed E-state index contributed by atoms with van der Waals surface area (Å²) in [7, 11) is 1.25. The molecule has 1 aromatic heterocycles. The van der Waals surface area contributed by atoms with Crippen LogP contribution >= 0.6 is 22.9 Å². The summed E-state index contributed by atoms with van der Waals surface area (Å²) in [4.78, 5) is 45.1. The normalized spacial score (nSPS) is 16.3. The lowest BCUT2D eigenvalue weighted by Crippen LogP contribution is -2.29. The van der Waals surface area contributed by atoms with Gasteiger partial charge in [0.25, 0.3) is 5.78 Å². The van der Waals surface area contributed by atoms with Crippen molar-refractivity contribution in [2.24, 2.45) is 0 Å². The lowest BCUT2D eigenvalue weighted by molar-refractivity contribution is -0.132. The third kappa shape index (κ3) is 5.68. The Kier molecular flexibility index (Phi) is 9.11. The average Bonchev–Trinajstić information content (AvgIpc) is 3.45. The highest BCUT2D eigenvalue weighted by Crippen LogP contribution is 2.45. The highest BCUT2D eigenvalue weighted by atomic mass is 35.5. The standard InChI is InChI=1S/C29H29ClN2O7S/c1-5-7-14-39-20-13-10-18(15-21(20)38-6-2)23-22(24(33)17-8-11-19(30)12-9-17)25(34)27(35)32(23)29-31-16(3)26(40-29)28(36)37-4/h8-13,15,23,33H,5-7,14H2,1-4H3. The number of carbonyl (C=O) groups is 3. The fourth-order valence-electron chi connectivity index (χ4n) is 4.28. The number of benzene rings is 2. The van der Waals surface area contributed by atoms with Gasteiger partial charge in [-0.1, -0.05) is 42.3 Å². The highest BCUT2D eigenvalue weighted by molar-refractivity contribution is 7.17. The van der Waals surface area contributed by atoms with Gasteiger partial charge in [0.15, 0.2) is 16.6 Å². The molecule has 1 unspecified atom stereocenters. The van der Waals surface area contributed by atoms with Gasteiger partial charge in [-0.2, -0.15) is 0 Å². The molecule has 0 spiro atoms. The first-order valence-electron chi connectivity index (χ1n) is 12.7. The van der Waals surface area contributed by atoms with Gasteiger partial charge in [-0.15, -0.1) is 0 Å². The summed E-state index contributed by atoms with van der Waals surface area (Å²) in [6, 6.07) is 10.3. The van der Waals surface area contributed by atoms with E-state index < -0.39 is 23.7 Å². The van der Waals surface area contributed by atoms with Crippen molar-refractivity contribution in [3.8, 4) is 11.5 Å². The minimum absolute atomic E-state index is 0.112. The van der Waals surface area contributed by atoms with Gasteiger partial charge in [-0.05, 0) is 62.2 Å². The van der Waals surface area contributed by atoms with Crippen molar-refractivity contribution in [1.29, 1.82) is 0 Å². The number of methoxy groups -OCH3 is 1. The molecule has 4 rings (SSSR count). The van der Waals surface area contributed by atoms with Crippen molar-refractivity contribution in [3.05, 3.63) is 74.8 Å². The fourth-order valence-corrected chi connectivity index (χ4v) is 5.42. The number of amides is 1. The third-order valence-electron chi connectivity index (χ3n) is 6.26. The number of thiazole rings is 1. The van der Waals surface area contributed by atoms with Crippen molar-refractivity contribution < 1.29 is 33.7 Å². The number of anilines is 1. The van der Waals surface area contributed by atoms with Crippen molar-refractivity contribution in [2.75, 3.05) is 25.2 Å². The number of hydrogen-bond donors (Lipinski definition) is 1. The van der Waals surface area contributed by atoms with Gasteiger partial charge in [-0.3, -0.25) is 14.5 Å². The van der Waals surface area contributed by atoms with Crippen molar-refractivity contribution in [2.45, 2.75) is 39.7 Å². The summed E-state index contributed by atoms with van der Waals surface area (Å²) in [5.41, 5.74) is 0.998. The van der Waals surface area contributed by atoms with Crippen LogP contribution in [0.3, 0.4) is 0 Å². The molecule has 210 valence electrons. The number of hydrogen-bond acceptors (Lipinski definition) is 9. The molecule has 1 aliphatic heterocycles. The van der Waals surface area contributed by atoms with Gasteiger partial charge in [0.2, 0.25) is 0 Å². The minimum atomic E-state index is -1.07. The second kappa shape index (κ2) is 12.5. The number of unbranched alkanes of at least 4 members (excludes halogenated alkanes) is 1. The van der Waals surface area contributed by atoms with Crippen molar-refractivity contribution in [3.63, 3.8) is 0 Å². The lowest BCUT2D eigenvalue weighted by atomic mass is 9.95. The monoisotopic (exact) mass is 584 g/mol. The second-order valence-electron chi connectivity index (χ2n) is 8.92. The predicted octanol–water partition coefficient (Wildman–Crippen LogP) is 6.10. The number of aliphatic hydroxyl groups is 1. The summed E-state index contributed by atoms with van der Waals surface area (Å²) in [5.74, 6) is -1.82. The van der Waals surface area contributed by atoms with Crippen LogP contribution in [0, 0.1) is 6.92 Å². The van der Waals surface area contributed by atoms with Crippen LogP contribution in [-0.2, 0) is 14.3 Å². The van der Waals surface area contributed by atoms with Crippen LogP contribution in [0.2, 0.25) is 5.02 Å². The van der Waals surface area contributed by atoms with Crippen LogP contribution in [0.15, 0.2) is 48.0 Å². The van der Waals surface area contributed by atoms with Gasteiger partial charge in [0, 0.05) is 10.6 Å². The van der Waals surface area contributed by atoms with Gasteiger partial charge >= 0.3 is 11.9 Å². The first-order valence-corrected chi connectivity index (χ1v) is 13.9. The number of esters is 1. The highest BCUT2D eigenvalue weighted by Gasteiger charge is 2.48. The van der Waals surface area contributed by atoms with Crippen molar-refractivity contribution >= 4 is 51.5 Å². The summed E-state index contributed by atoms with van der Waals surface area (Å²) in [6.07, 6.45) is 1.82. The molecule has 0 aliphatic carbocycles. The molecule has 11 heteroatoms. The quantitative estimate of drug-likeness (QED) is 0.1000. The van der Waals surface area contributed by atoms with E-state index >= 15 is 0 Å². The molecular formula is C29H29ClN2O7S. The molecule has 1 fully saturated rings. The fraction of sp³-hybridized carbons (Fsp3) is 0.310. The van der Waals surface area contributed by atoms with E-state index in [9.17, 15) is 19.5 Å². The molecule has 1 saturated heterocycles. The Hall–Kier alpha value is -3.89. The Balaban J connectivity index is 1.91. The number of aryl methyl sites for hydroxylation is 1. The summed E-state index contributed by atoms with van der Waals surface area (Å²) < 4.78 is 16.6. The van der Waals surface area contributed by atoms with E-state index in [-0.39, 0.29) is 21.3 Å². The lowest BCUT2D eigenvalue weighted by Gasteiger charge is -2.24. The minimum Gasteiger partial charge on any atom is -0.507 e. The molecule has 40 heavy (non-hydrogen) atoms. The van der Waals surface area contributed by atoms with Crippen LogP contribution < -0.4 is 14.4 Å². The number of nitrogens with zero attached hydrogens (tertiary/aromatic N) is 2. The second-order valence-corrected chi connectivity index (χ2v) is 10.3. The number of aromatic nitrogens is 1. The average molecular weight is 585 g/mol. The van der Waals surface area contributed by atoms with E-state index in [2.05, 4.69) is 11.9 Å². The molecule has 0 radical (unpaired) electrons. The Morgan fingerprint density at radius 2 is 1.82 bits per heavy atom. The number of ketones is 1. The van der Waals surface area contributed by atoms with E-state index in [1.54, 1.807) is 49.4 Å². The Morgan fingerprint density at radius 1 is 1.10 bits per heavy atom. The molecule has 3 aromatic rings. The van der Waals surface area contributed by atoms with E-state index in [4.69, 9.17) is 25.8 Å². The molecule has 0 saturated carbocycles. The molecule has 1 amide bonds. The third-order valence-corrected chi connectivity index (χ3v) is 7.65. The van der Waals surface area contributed by atoms with Gasteiger partial charge in [-0.25, -0.2) is 9.78 Å².